The van der Waals surface area contributed by atoms with Gasteiger partial charge in [-0.2, -0.15) is 0 Å². The number of rotatable bonds is 3. The molecule has 0 aliphatic carbocycles. The van der Waals surface area contributed by atoms with Gasteiger partial charge in [-0.1, -0.05) is 0 Å². The summed E-state index contributed by atoms with van der Waals surface area (Å²) < 4.78 is 12.2. The summed E-state index contributed by atoms with van der Waals surface area (Å²) in [5.74, 6) is 0. The lowest BCUT2D eigenvalue weighted by Gasteiger charge is -2.06. The van der Waals surface area contributed by atoms with Gasteiger partial charge < -0.3 is 11.4 Å². The van der Waals surface area contributed by atoms with E-state index >= 15 is 0 Å². The van der Waals surface area contributed by atoms with Crippen LogP contribution in [0.2, 0.25) is 0 Å². The van der Waals surface area contributed by atoms with Crippen molar-refractivity contribution in [2.24, 2.45) is 0 Å². The van der Waals surface area contributed by atoms with E-state index in [9.17, 15) is 14.4 Å². The average molecular weight is 265 g/mol. The molecular weight excluding hydrogens is 265 g/mol. The van der Waals surface area contributed by atoms with E-state index < -0.39 is 31.4 Å². The van der Waals surface area contributed by atoms with Gasteiger partial charge in [-0.3, -0.25) is 0 Å². The van der Waals surface area contributed by atoms with Gasteiger partial charge in [-0.15, -0.1) is 0 Å². The standard InChI is InChI=1S/3CHClO2.Al/c3*2-1(3)4;/h3*(H,3,4);/q;;;+3/p-3. The number of hydrogen-bond acceptors (Lipinski definition) is 6. The predicted octanol–water partition coefficient (Wildman–Crippen LogP) is 2.10. The van der Waals surface area contributed by atoms with E-state index in [2.05, 4.69) is 11.4 Å². The molecule has 0 aliphatic heterocycles. The quantitative estimate of drug-likeness (QED) is 0.574. The summed E-state index contributed by atoms with van der Waals surface area (Å²) in [4.78, 5) is 30.4. The number of carbonyl (C=O) groups excluding carboxylic acids is 3. The zero-order valence-electron chi connectivity index (χ0n) is 5.66. The van der Waals surface area contributed by atoms with Gasteiger partial charge in [-0.25, -0.2) is 14.4 Å². The van der Waals surface area contributed by atoms with Crippen LogP contribution < -0.4 is 0 Å². The molecule has 0 saturated heterocycles. The Labute approximate surface area is 92.0 Å². The van der Waals surface area contributed by atoms with Crippen molar-refractivity contribution in [3.05, 3.63) is 0 Å². The van der Waals surface area contributed by atoms with Crippen LogP contribution in [0.1, 0.15) is 0 Å². The first-order valence-electron chi connectivity index (χ1n) is 2.50. The number of carbonyl (C=O) groups is 3. The molecule has 0 N–H and O–H groups in total. The Morgan fingerprint density at radius 3 is 1.15 bits per heavy atom. The van der Waals surface area contributed by atoms with Gasteiger partial charge in [0.2, 0.25) is 0 Å². The average Bonchev–Trinajstić information content (AvgIpc) is 1.80. The van der Waals surface area contributed by atoms with Crippen LogP contribution in [0.4, 0.5) is 14.4 Å². The Hall–Kier alpha value is -0.188. The monoisotopic (exact) mass is 264 g/mol. The van der Waals surface area contributed by atoms with Crippen molar-refractivity contribution >= 4 is 66.2 Å². The van der Waals surface area contributed by atoms with Gasteiger partial charge in [0.15, 0.2) is 0 Å². The maximum absolute atomic E-state index is 10.1. The fourth-order valence-corrected chi connectivity index (χ4v) is 1.55. The Bertz CT molecular complexity index is 193. The molecular formula is C3AlCl3O6. The van der Waals surface area contributed by atoms with Crippen molar-refractivity contribution in [3.63, 3.8) is 0 Å². The highest BCUT2D eigenvalue weighted by atomic mass is 35.5. The van der Waals surface area contributed by atoms with E-state index in [0.717, 1.165) is 0 Å². The minimum Gasteiger partial charge on any atom is -0.538 e. The summed E-state index contributed by atoms with van der Waals surface area (Å²) in [5, 5.41) is 0. The summed E-state index contributed by atoms with van der Waals surface area (Å²) in [6, 6.07) is 0. The third-order valence-electron chi connectivity index (χ3n) is 0.567. The highest BCUT2D eigenvalue weighted by molar-refractivity contribution is 6.70. The third-order valence-corrected chi connectivity index (χ3v) is 2.50. The zero-order valence-corrected chi connectivity index (χ0v) is 9.08. The van der Waals surface area contributed by atoms with Crippen LogP contribution in [0.25, 0.3) is 0 Å². The molecule has 6 nitrogen and oxygen atoms in total. The lowest BCUT2D eigenvalue weighted by Crippen LogP contribution is -2.30. The van der Waals surface area contributed by atoms with Crippen molar-refractivity contribution in [1.82, 2.24) is 0 Å². The molecule has 0 aromatic rings. The summed E-state index contributed by atoms with van der Waals surface area (Å²) in [6.07, 6.45) is 0. The predicted molar refractivity (Wildman–Crippen MR) is 42.8 cm³/mol. The Balaban J connectivity index is 4.10. The lowest BCUT2D eigenvalue weighted by molar-refractivity contribution is 0.158. The summed E-state index contributed by atoms with van der Waals surface area (Å²) >= 11 is 10.9. The van der Waals surface area contributed by atoms with Gasteiger partial charge in [0.05, 0.1) is 0 Å². The first-order valence-corrected chi connectivity index (χ1v) is 5.05. The van der Waals surface area contributed by atoms with Crippen molar-refractivity contribution in [2.75, 3.05) is 0 Å². The third kappa shape index (κ3) is 8.15. The Morgan fingerprint density at radius 1 is 0.769 bits per heavy atom. The van der Waals surface area contributed by atoms with Crippen molar-refractivity contribution in [1.29, 1.82) is 0 Å². The molecule has 0 aromatic heterocycles. The second-order valence-corrected chi connectivity index (χ2v) is 3.57. The molecule has 72 valence electrons. The highest BCUT2D eigenvalue weighted by Gasteiger charge is 2.48. The van der Waals surface area contributed by atoms with Gasteiger partial charge in [0, 0.05) is 0 Å². The second kappa shape index (κ2) is 6.29. The van der Waals surface area contributed by atoms with Gasteiger partial charge >= 0.3 is 31.4 Å². The largest absolute Gasteiger partial charge is 1.21 e. The van der Waals surface area contributed by atoms with Gasteiger partial charge in [-0.05, 0) is 34.8 Å². The van der Waals surface area contributed by atoms with Crippen LogP contribution in [0.3, 0.4) is 0 Å². The first-order chi connectivity index (χ1) is 5.91. The molecule has 0 rings (SSSR count). The summed E-state index contributed by atoms with van der Waals surface area (Å²) in [7, 11) is 0. The molecule has 0 radical (unpaired) electrons. The number of hydrogen-bond donors (Lipinski definition) is 0. The van der Waals surface area contributed by atoms with Gasteiger partial charge in [0.1, 0.15) is 0 Å². The van der Waals surface area contributed by atoms with E-state index in [4.69, 9.17) is 34.8 Å². The number of halogens is 3. The van der Waals surface area contributed by atoms with Crippen LogP contribution >= 0.6 is 34.8 Å². The van der Waals surface area contributed by atoms with Crippen molar-refractivity contribution in [3.8, 4) is 0 Å². The minimum absolute atomic E-state index is 1.30. The van der Waals surface area contributed by atoms with Crippen LogP contribution in [-0.4, -0.2) is 31.4 Å². The van der Waals surface area contributed by atoms with E-state index in [1.165, 1.54) is 0 Å². The maximum Gasteiger partial charge on any atom is 1.21 e. The Kier molecular flexibility index (Phi) is 6.20. The molecule has 0 amide bonds. The molecule has 0 unspecified atom stereocenters. The molecule has 0 aliphatic rings. The first kappa shape index (κ1) is 12.8. The lowest BCUT2D eigenvalue weighted by atomic mass is 11.6. The Morgan fingerprint density at radius 2 is 1.00 bits per heavy atom. The highest BCUT2D eigenvalue weighted by Crippen LogP contribution is 2.02. The van der Waals surface area contributed by atoms with Crippen LogP contribution in [0, 0.1) is 0 Å². The molecule has 0 spiro atoms. The van der Waals surface area contributed by atoms with E-state index in [0.29, 0.717) is 0 Å². The second-order valence-electron chi connectivity index (χ2n) is 1.36. The molecule has 0 aromatic carbocycles. The molecule has 10 heteroatoms. The molecule has 0 heterocycles. The van der Waals surface area contributed by atoms with Crippen molar-refractivity contribution in [2.45, 2.75) is 0 Å². The van der Waals surface area contributed by atoms with Crippen LogP contribution in [0.15, 0.2) is 0 Å². The fraction of sp³-hybridized carbons (Fsp3) is 0. The SMILES string of the molecule is O=C(Cl)[O][Al]([O]C(=O)Cl)[O]C(=O)Cl. The topological polar surface area (TPSA) is 78.9 Å². The molecule has 0 fully saturated rings. The van der Waals surface area contributed by atoms with E-state index in [1.807, 2.05) is 0 Å². The van der Waals surface area contributed by atoms with Crippen LogP contribution in [0.5, 0.6) is 0 Å². The molecule has 0 saturated carbocycles. The molecule has 0 atom stereocenters. The maximum atomic E-state index is 10.1. The fourth-order valence-electron chi connectivity index (χ4n) is 0.299. The molecule has 13 heavy (non-hydrogen) atoms. The zero-order chi connectivity index (χ0) is 10.4. The summed E-state index contributed by atoms with van der Waals surface area (Å²) in [6.45, 7) is 0. The van der Waals surface area contributed by atoms with Crippen LogP contribution in [-0.2, 0) is 11.4 Å². The van der Waals surface area contributed by atoms with E-state index in [-0.39, 0.29) is 0 Å². The van der Waals surface area contributed by atoms with E-state index in [1.54, 1.807) is 0 Å². The van der Waals surface area contributed by atoms with Gasteiger partial charge in [0.25, 0.3) is 0 Å². The van der Waals surface area contributed by atoms with Crippen molar-refractivity contribution < 1.29 is 25.7 Å². The normalized spacial score (nSPS) is 8.54. The summed E-state index contributed by atoms with van der Waals surface area (Å²) in [5.41, 5.74) is -3.90. The molecule has 0 bridgehead atoms. The smallest absolute Gasteiger partial charge is 0.538 e. The minimum atomic E-state index is -3.35.